The van der Waals surface area contributed by atoms with Crippen LogP contribution in [-0.2, 0) is 14.6 Å². The summed E-state index contributed by atoms with van der Waals surface area (Å²) in [6.07, 6.45) is 2.03. The van der Waals surface area contributed by atoms with Gasteiger partial charge in [-0.15, -0.1) is 0 Å². The lowest BCUT2D eigenvalue weighted by molar-refractivity contribution is -0.138. The third-order valence-corrected chi connectivity index (χ3v) is 6.56. The van der Waals surface area contributed by atoms with Crippen molar-refractivity contribution in [3.63, 3.8) is 0 Å². The first-order valence-corrected chi connectivity index (χ1v) is 9.92. The van der Waals surface area contributed by atoms with Gasteiger partial charge in [0, 0.05) is 12.1 Å². The molecular weight excluding hydrogens is 316 g/mol. The number of urea groups is 1. The van der Waals surface area contributed by atoms with Crippen LogP contribution in [0.5, 0.6) is 0 Å². The summed E-state index contributed by atoms with van der Waals surface area (Å²) in [6.45, 7) is -0.465. The van der Waals surface area contributed by atoms with Crippen LogP contribution in [0.4, 0.5) is 4.79 Å². The van der Waals surface area contributed by atoms with Crippen LogP contribution in [0, 0.1) is 0 Å². The molecule has 0 radical (unpaired) electrons. The molecule has 2 saturated heterocycles. The molecule has 0 bridgehead atoms. The van der Waals surface area contributed by atoms with Gasteiger partial charge in [-0.2, -0.15) is 11.8 Å². The van der Waals surface area contributed by atoms with Crippen LogP contribution in [0.2, 0.25) is 0 Å². The number of amides is 2. The molecule has 9 heteroatoms. The molecule has 0 saturated carbocycles. The SMILES string of the molecule is O=C(O)CN(C(=O)NC1CCSCC1)C1CCS(=O)(=O)C1. The van der Waals surface area contributed by atoms with Gasteiger partial charge in [-0.25, -0.2) is 13.2 Å². The van der Waals surface area contributed by atoms with Crippen molar-refractivity contribution in [3.8, 4) is 0 Å². The second kappa shape index (κ2) is 6.87. The number of thioether (sulfide) groups is 1. The number of rotatable bonds is 4. The molecule has 2 fully saturated rings. The van der Waals surface area contributed by atoms with E-state index in [-0.39, 0.29) is 17.5 Å². The van der Waals surface area contributed by atoms with Crippen molar-refractivity contribution in [1.29, 1.82) is 0 Å². The van der Waals surface area contributed by atoms with Gasteiger partial charge >= 0.3 is 12.0 Å². The van der Waals surface area contributed by atoms with Crippen LogP contribution in [0.25, 0.3) is 0 Å². The molecular formula is C12H20N2O5S2. The molecule has 0 aromatic rings. The van der Waals surface area contributed by atoms with Crippen molar-refractivity contribution in [2.75, 3.05) is 29.6 Å². The molecule has 2 amide bonds. The molecule has 0 aliphatic carbocycles. The Balaban J connectivity index is 2.01. The van der Waals surface area contributed by atoms with Gasteiger partial charge in [0.25, 0.3) is 0 Å². The predicted molar refractivity (Wildman–Crippen MR) is 80.3 cm³/mol. The Morgan fingerprint density at radius 3 is 2.43 bits per heavy atom. The second-order valence-electron chi connectivity index (χ2n) is 5.41. The summed E-state index contributed by atoms with van der Waals surface area (Å²) in [5.41, 5.74) is 0. The fourth-order valence-corrected chi connectivity index (χ4v) is 5.47. The van der Waals surface area contributed by atoms with Crippen molar-refractivity contribution in [3.05, 3.63) is 0 Å². The summed E-state index contributed by atoms with van der Waals surface area (Å²) in [5, 5.41) is 11.8. The first-order chi connectivity index (χ1) is 9.87. The van der Waals surface area contributed by atoms with Crippen molar-refractivity contribution >= 4 is 33.6 Å². The first-order valence-electron chi connectivity index (χ1n) is 6.94. The van der Waals surface area contributed by atoms with Crippen LogP contribution in [-0.4, -0.2) is 72.1 Å². The minimum atomic E-state index is -3.16. The van der Waals surface area contributed by atoms with E-state index < -0.39 is 34.4 Å². The van der Waals surface area contributed by atoms with E-state index in [2.05, 4.69) is 5.32 Å². The molecule has 7 nitrogen and oxygen atoms in total. The van der Waals surface area contributed by atoms with Crippen molar-refractivity contribution in [2.45, 2.75) is 31.3 Å². The monoisotopic (exact) mass is 336 g/mol. The fourth-order valence-electron chi connectivity index (χ4n) is 2.63. The fraction of sp³-hybridized carbons (Fsp3) is 0.833. The second-order valence-corrected chi connectivity index (χ2v) is 8.87. The lowest BCUT2D eigenvalue weighted by atomic mass is 10.1. The van der Waals surface area contributed by atoms with Gasteiger partial charge in [0.05, 0.1) is 11.5 Å². The Kier molecular flexibility index (Phi) is 5.37. The van der Waals surface area contributed by atoms with Crippen LogP contribution < -0.4 is 5.32 Å². The average molecular weight is 336 g/mol. The zero-order chi connectivity index (χ0) is 15.5. The van der Waals surface area contributed by atoms with Crippen LogP contribution >= 0.6 is 11.8 Å². The van der Waals surface area contributed by atoms with Gasteiger partial charge in [0.15, 0.2) is 9.84 Å². The number of carbonyl (C=O) groups is 2. The largest absolute Gasteiger partial charge is 0.480 e. The highest BCUT2D eigenvalue weighted by Crippen LogP contribution is 2.20. The summed E-state index contributed by atoms with van der Waals surface area (Å²) in [4.78, 5) is 24.4. The number of nitrogens with one attached hydrogen (secondary N) is 1. The Morgan fingerprint density at radius 1 is 1.24 bits per heavy atom. The van der Waals surface area contributed by atoms with Crippen LogP contribution in [0.3, 0.4) is 0 Å². The molecule has 0 spiro atoms. The predicted octanol–water partition coefficient (Wildman–Crippen LogP) is 0.165. The summed E-state index contributed by atoms with van der Waals surface area (Å²) in [6, 6.07) is -0.950. The normalized spacial score (nSPS) is 25.4. The van der Waals surface area contributed by atoms with Gasteiger partial charge in [-0.1, -0.05) is 0 Å². The van der Waals surface area contributed by atoms with Gasteiger partial charge in [0.1, 0.15) is 6.54 Å². The molecule has 21 heavy (non-hydrogen) atoms. The standard InChI is InChI=1S/C12H20N2O5S2/c15-11(16)7-14(10-3-6-21(18,19)8-10)12(17)13-9-1-4-20-5-2-9/h9-10H,1-8H2,(H,13,17)(H,15,16). The van der Waals surface area contributed by atoms with Crippen molar-refractivity contribution in [1.82, 2.24) is 10.2 Å². The zero-order valence-electron chi connectivity index (χ0n) is 11.7. The maximum Gasteiger partial charge on any atom is 0.323 e. The van der Waals surface area contributed by atoms with Crippen molar-refractivity contribution in [2.24, 2.45) is 0 Å². The molecule has 0 aromatic heterocycles. The molecule has 2 rings (SSSR count). The average Bonchev–Trinajstić information content (AvgIpc) is 2.77. The Bertz CT molecular complexity index is 502. The molecule has 2 aliphatic rings. The van der Waals surface area contributed by atoms with Gasteiger partial charge in [-0.3, -0.25) is 4.79 Å². The quantitative estimate of drug-likeness (QED) is 0.758. The maximum absolute atomic E-state index is 12.3. The Morgan fingerprint density at radius 2 is 1.90 bits per heavy atom. The number of aliphatic carboxylic acids is 1. The minimum Gasteiger partial charge on any atom is -0.480 e. The molecule has 2 heterocycles. The minimum absolute atomic E-state index is 0.0150. The number of carbonyl (C=O) groups excluding carboxylic acids is 1. The number of nitrogens with zero attached hydrogens (tertiary/aromatic N) is 1. The maximum atomic E-state index is 12.3. The lowest BCUT2D eigenvalue weighted by Crippen LogP contribution is -2.52. The van der Waals surface area contributed by atoms with E-state index in [0.717, 1.165) is 29.2 Å². The number of sulfone groups is 1. The van der Waals surface area contributed by atoms with Crippen LogP contribution in [0.15, 0.2) is 0 Å². The van der Waals surface area contributed by atoms with E-state index in [1.54, 1.807) is 0 Å². The summed E-state index contributed by atoms with van der Waals surface area (Å²) < 4.78 is 23.1. The molecule has 2 N–H and O–H groups in total. The molecule has 1 unspecified atom stereocenters. The molecule has 1 atom stereocenters. The first kappa shape index (κ1) is 16.4. The van der Waals surface area contributed by atoms with Gasteiger partial charge in [-0.05, 0) is 30.8 Å². The van der Waals surface area contributed by atoms with E-state index >= 15 is 0 Å². The van der Waals surface area contributed by atoms with Gasteiger partial charge in [0.2, 0.25) is 0 Å². The van der Waals surface area contributed by atoms with E-state index in [4.69, 9.17) is 5.11 Å². The summed E-state index contributed by atoms with van der Waals surface area (Å²) in [7, 11) is -3.16. The highest BCUT2D eigenvalue weighted by molar-refractivity contribution is 7.99. The molecule has 2 aliphatic heterocycles. The topological polar surface area (TPSA) is 104 Å². The number of carboxylic acids is 1. The van der Waals surface area contributed by atoms with E-state index in [1.807, 2.05) is 11.8 Å². The smallest absolute Gasteiger partial charge is 0.323 e. The summed E-state index contributed by atoms with van der Waals surface area (Å²) >= 11 is 1.83. The third-order valence-electron chi connectivity index (χ3n) is 3.76. The van der Waals surface area contributed by atoms with Crippen LogP contribution in [0.1, 0.15) is 19.3 Å². The zero-order valence-corrected chi connectivity index (χ0v) is 13.3. The van der Waals surface area contributed by atoms with Gasteiger partial charge < -0.3 is 15.3 Å². The van der Waals surface area contributed by atoms with E-state index in [0.29, 0.717) is 6.42 Å². The summed E-state index contributed by atoms with van der Waals surface area (Å²) in [5.74, 6) is 0.687. The van der Waals surface area contributed by atoms with Crippen molar-refractivity contribution < 1.29 is 23.1 Å². The molecule has 120 valence electrons. The number of carboxylic acid groups (broad SMARTS) is 1. The number of hydrogen-bond acceptors (Lipinski definition) is 5. The van der Waals surface area contributed by atoms with E-state index in [9.17, 15) is 18.0 Å². The third kappa shape index (κ3) is 4.77. The Hall–Kier alpha value is -0.960. The van der Waals surface area contributed by atoms with E-state index in [1.165, 1.54) is 0 Å². The number of hydrogen-bond donors (Lipinski definition) is 2. The lowest BCUT2D eigenvalue weighted by Gasteiger charge is -2.30. The highest BCUT2D eigenvalue weighted by Gasteiger charge is 2.36. The Labute approximate surface area is 128 Å². The molecule has 0 aromatic carbocycles. The highest BCUT2D eigenvalue weighted by atomic mass is 32.2.